The lowest BCUT2D eigenvalue weighted by Gasteiger charge is -2.21. The summed E-state index contributed by atoms with van der Waals surface area (Å²) in [6.45, 7) is 14.2. The predicted molar refractivity (Wildman–Crippen MR) is 395 cm³/mol. The molecule has 0 bridgehead atoms. The van der Waals surface area contributed by atoms with Crippen LogP contribution in [0.15, 0.2) is 0 Å². The molecule has 17 nitrogen and oxygen atoms in total. The van der Waals surface area contributed by atoms with E-state index in [0.717, 1.165) is 114 Å². The monoisotopic (exact) mass is 1420 g/mol. The number of phosphoric ester groups is 2. The molecule has 576 valence electrons. The minimum absolute atomic E-state index is 0.103. The van der Waals surface area contributed by atoms with E-state index in [1.807, 2.05) is 0 Å². The molecule has 97 heavy (non-hydrogen) atoms. The number of ether oxygens (including phenoxy) is 4. The van der Waals surface area contributed by atoms with Gasteiger partial charge in [-0.25, -0.2) is 9.13 Å². The van der Waals surface area contributed by atoms with Crippen molar-refractivity contribution in [1.82, 2.24) is 0 Å². The Kier molecular flexibility index (Phi) is 65.9. The normalized spacial score (nSPS) is 14.6. The van der Waals surface area contributed by atoms with E-state index in [-0.39, 0.29) is 25.7 Å². The van der Waals surface area contributed by atoms with Gasteiger partial charge in [-0.2, -0.15) is 0 Å². The molecule has 19 heteroatoms. The third-order valence-electron chi connectivity index (χ3n) is 18.8. The molecule has 0 aliphatic rings. The molecule has 0 amide bonds. The van der Waals surface area contributed by atoms with Gasteiger partial charge in [-0.05, 0) is 49.4 Å². The van der Waals surface area contributed by atoms with Crippen LogP contribution in [0.3, 0.4) is 0 Å². The van der Waals surface area contributed by atoms with E-state index < -0.39 is 97.5 Å². The van der Waals surface area contributed by atoms with Gasteiger partial charge in [0.15, 0.2) is 12.2 Å². The second-order valence-corrected chi connectivity index (χ2v) is 32.4. The van der Waals surface area contributed by atoms with Crippen molar-refractivity contribution in [3.8, 4) is 0 Å². The lowest BCUT2D eigenvalue weighted by Crippen LogP contribution is -2.30. The minimum atomic E-state index is -4.96. The lowest BCUT2D eigenvalue weighted by molar-refractivity contribution is -0.161. The summed E-state index contributed by atoms with van der Waals surface area (Å²) < 4.78 is 68.5. The Hall–Kier alpha value is -1.94. The SMILES string of the molecule is CCC(C)CCCCCCCCCCCCCCCCC(=O)OC[C@H](COP(=O)(O)OCC(O)COP(=O)(O)OC[C@@H](COC(=O)CCCCCCCCCC(C)C)OC(=O)CCCCCCCCCCCCCCCCCCC(C)C)OC(=O)CCCCCCCCC(C)CC. The van der Waals surface area contributed by atoms with Crippen LogP contribution in [-0.2, 0) is 65.4 Å². The zero-order valence-corrected chi connectivity index (χ0v) is 65.5. The maximum Gasteiger partial charge on any atom is 0.472 e. The van der Waals surface area contributed by atoms with E-state index >= 15 is 0 Å². The van der Waals surface area contributed by atoms with Gasteiger partial charge in [-0.3, -0.25) is 37.3 Å². The molecule has 0 aliphatic heterocycles. The van der Waals surface area contributed by atoms with E-state index in [4.69, 9.17) is 37.0 Å². The summed E-state index contributed by atoms with van der Waals surface area (Å²) in [6, 6.07) is 0. The molecule has 0 heterocycles. The molecule has 0 fully saturated rings. The maximum atomic E-state index is 13.1. The topological polar surface area (TPSA) is 237 Å². The van der Waals surface area contributed by atoms with Gasteiger partial charge in [0.2, 0.25) is 0 Å². The average Bonchev–Trinajstić information content (AvgIpc) is 1.22. The molecule has 0 radical (unpaired) electrons. The fourth-order valence-electron chi connectivity index (χ4n) is 11.8. The third kappa shape index (κ3) is 69.5. The van der Waals surface area contributed by atoms with Crippen molar-refractivity contribution in [3.63, 3.8) is 0 Å². The van der Waals surface area contributed by atoms with Gasteiger partial charge in [0.1, 0.15) is 19.3 Å². The standard InChI is InChI=1S/C78H152O17P2/c1-9-70(7)56-48-40-32-26-22-18-15-16-19-23-27-33-42-50-58-75(80)88-65-74(95-78(83)61-53-45-37-36-41-49-57-71(8)10-2)67-93-97(86,87)91-63-72(79)62-90-96(84,85)92-66-73(64-89-76(81)59-51-43-35-29-31-39-47-55-69(5)6)94-77(82)60-52-44-34-28-24-20-14-12-11-13-17-21-25-30-38-46-54-68(3)4/h68-74,79H,9-67H2,1-8H3,(H,84,85)(H,86,87)/t70?,71?,72?,73-,74-/m1/s1. The average molecular weight is 1420 g/mol. The number of unbranched alkanes of at least 4 members (excludes halogenated alkanes) is 39. The fourth-order valence-corrected chi connectivity index (χ4v) is 13.4. The Balaban J connectivity index is 5.17. The molecular formula is C78H152O17P2. The molecule has 0 aromatic heterocycles. The van der Waals surface area contributed by atoms with E-state index in [9.17, 15) is 43.2 Å². The van der Waals surface area contributed by atoms with E-state index in [1.165, 1.54) is 193 Å². The molecule has 3 N–H and O–H groups in total. The minimum Gasteiger partial charge on any atom is -0.462 e. The van der Waals surface area contributed by atoms with Crippen LogP contribution in [0.2, 0.25) is 0 Å². The molecule has 0 spiro atoms. The van der Waals surface area contributed by atoms with Crippen molar-refractivity contribution in [1.29, 1.82) is 0 Å². The Labute approximate surface area is 594 Å². The number of rotatable bonds is 75. The first-order valence-corrected chi connectivity index (χ1v) is 43.3. The van der Waals surface area contributed by atoms with Gasteiger partial charge in [0.25, 0.3) is 0 Å². The van der Waals surface area contributed by atoms with Crippen LogP contribution in [0.4, 0.5) is 0 Å². The number of carbonyl (C=O) groups excluding carboxylic acids is 4. The number of carbonyl (C=O) groups is 4. The molecule has 7 atom stereocenters. The van der Waals surface area contributed by atoms with Crippen LogP contribution >= 0.6 is 15.6 Å². The molecule has 0 aromatic rings. The quantitative estimate of drug-likeness (QED) is 0.0222. The zero-order valence-electron chi connectivity index (χ0n) is 63.7. The van der Waals surface area contributed by atoms with E-state index in [0.29, 0.717) is 31.6 Å². The Morgan fingerprint density at radius 3 is 0.732 bits per heavy atom. The van der Waals surface area contributed by atoms with Crippen molar-refractivity contribution < 1.29 is 80.2 Å². The summed E-state index contributed by atoms with van der Waals surface area (Å²) in [4.78, 5) is 72.8. The van der Waals surface area contributed by atoms with Crippen molar-refractivity contribution in [2.24, 2.45) is 23.7 Å². The van der Waals surface area contributed by atoms with Crippen molar-refractivity contribution in [3.05, 3.63) is 0 Å². The summed E-state index contributed by atoms with van der Waals surface area (Å²) >= 11 is 0. The first kappa shape index (κ1) is 95.1. The number of phosphoric acid groups is 2. The van der Waals surface area contributed by atoms with Crippen LogP contribution < -0.4 is 0 Å². The van der Waals surface area contributed by atoms with Crippen LogP contribution in [0.1, 0.15) is 396 Å². The second-order valence-electron chi connectivity index (χ2n) is 29.5. The van der Waals surface area contributed by atoms with Crippen LogP contribution in [0.25, 0.3) is 0 Å². The van der Waals surface area contributed by atoms with Crippen molar-refractivity contribution in [2.45, 2.75) is 414 Å². The van der Waals surface area contributed by atoms with Gasteiger partial charge in [-0.15, -0.1) is 0 Å². The largest absolute Gasteiger partial charge is 0.472 e. The summed E-state index contributed by atoms with van der Waals surface area (Å²) in [7, 11) is -9.91. The van der Waals surface area contributed by atoms with Gasteiger partial charge in [0.05, 0.1) is 26.4 Å². The molecule has 0 saturated carbocycles. The highest BCUT2D eigenvalue weighted by atomic mass is 31.2. The fraction of sp³-hybridized carbons (Fsp3) is 0.949. The number of hydrogen-bond donors (Lipinski definition) is 3. The number of aliphatic hydroxyl groups is 1. The summed E-state index contributed by atoms with van der Waals surface area (Å²) in [5.41, 5.74) is 0. The summed E-state index contributed by atoms with van der Waals surface area (Å²) in [6.07, 6.45) is 52.9. The van der Waals surface area contributed by atoms with Gasteiger partial charge in [0, 0.05) is 25.7 Å². The predicted octanol–water partition coefficient (Wildman–Crippen LogP) is 22.8. The zero-order chi connectivity index (χ0) is 71.7. The lowest BCUT2D eigenvalue weighted by atomic mass is 9.99. The molecule has 0 aromatic carbocycles. The highest BCUT2D eigenvalue weighted by molar-refractivity contribution is 7.47. The van der Waals surface area contributed by atoms with E-state index in [1.54, 1.807) is 0 Å². The van der Waals surface area contributed by atoms with E-state index in [2.05, 4.69) is 55.4 Å². The number of hydrogen-bond acceptors (Lipinski definition) is 15. The van der Waals surface area contributed by atoms with Crippen molar-refractivity contribution in [2.75, 3.05) is 39.6 Å². The first-order chi connectivity index (χ1) is 46.7. The van der Waals surface area contributed by atoms with Crippen LogP contribution in [-0.4, -0.2) is 96.7 Å². The molecule has 0 saturated heterocycles. The molecule has 0 rings (SSSR count). The first-order valence-electron chi connectivity index (χ1n) is 40.3. The van der Waals surface area contributed by atoms with Crippen LogP contribution in [0.5, 0.6) is 0 Å². The second kappa shape index (κ2) is 67.2. The summed E-state index contributed by atoms with van der Waals surface area (Å²) in [5, 5.41) is 10.6. The molecular weight excluding hydrogens is 1270 g/mol. The van der Waals surface area contributed by atoms with Crippen molar-refractivity contribution >= 4 is 39.5 Å². The Bertz CT molecular complexity index is 1910. The number of aliphatic hydroxyl groups excluding tert-OH is 1. The maximum absolute atomic E-state index is 13.1. The highest BCUT2D eigenvalue weighted by Crippen LogP contribution is 2.45. The Morgan fingerprint density at radius 2 is 0.495 bits per heavy atom. The van der Waals surface area contributed by atoms with Crippen LogP contribution in [0, 0.1) is 23.7 Å². The molecule has 0 aliphatic carbocycles. The smallest absolute Gasteiger partial charge is 0.462 e. The number of esters is 4. The molecule has 5 unspecified atom stereocenters. The summed E-state index contributed by atoms with van der Waals surface area (Å²) in [5.74, 6) is 0.962. The van der Waals surface area contributed by atoms with Gasteiger partial charge in [-0.1, -0.05) is 344 Å². The Morgan fingerprint density at radius 1 is 0.289 bits per heavy atom. The van der Waals surface area contributed by atoms with Gasteiger partial charge < -0.3 is 33.8 Å². The third-order valence-corrected chi connectivity index (χ3v) is 20.7. The van der Waals surface area contributed by atoms with Gasteiger partial charge >= 0.3 is 39.5 Å². The highest BCUT2D eigenvalue weighted by Gasteiger charge is 2.30.